The normalized spacial score (nSPS) is 11.8. The summed E-state index contributed by atoms with van der Waals surface area (Å²) in [6, 6.07) is 29.2. The number of benzene rings is 4. The van der Waals surface area contributed by atoms with E-state index in [1.807, 2.05) is 68.4 Å². The Bertz CT molecular complexity index is 1700. The SMILES string of the molecule is CCCCNC(=O)[C@@H](Cc1ccccc1)N(Cc1ccc(Br)cc1)C(=O)CN(c1ccccc1OC)S(=O)(=O)c1ccc(C)cc1. The number of para-hydroxylation sites is 2. The van der Waals surface area contributed by atoms with Crippen molar-refractivity contribution < 1.29 is 22.7 Å². The molecule has 0 bridgehead atoms. The second-order valence-corrected chi connectivity index (χ2v) is 13.8. The summed E-state index contributed by atoms with van der Waals surface area (Å²) >= 11 is 3.46. The summed E-state index contributed by atoms with van der Waals surface area (Å²) in [5.74, 6) is -0.535. The van der Waals surface area contributed by atoms with Crippen molar-refractivity contribution in [3.05, 3.63) is 124 Å². The van der Waals surface area contributed by atoms with Crippen molar-refractivity contribution in [3.8, 4) is 5.75 Å². The fraction of sp³-hybridized carbons (Fsp3) is 0.278. The molecule has 46 heavy (non-hydrogen) atoms. The van der Waals surface area contributed by atoms with E-state index >= 15 is 0 Å². The molecule has 0 heterocycles. The van der Waals surface area contributed by atoms with Crippen LogP contribution in [0.15, 0.2) is 112 Å². The van der Waals surface area contributed by atoms with Crippen molar-refractivity contribution >= 4 is 43.5 Å². The van der Waals surface area contributed by atoms with Crippen molar-refractivity contribution in [2.24, 2.45) is 0 Å². The molecule has 2 amide bonds. The second kappa shape index (κ2) is 16.4. The van der Waals surface area contributed by atoms with Crippen LogP contribution in [0.2, 0.25) is 0 Å². The molecule has 0 saturated carbocycles. The number of hydrogen-bond donors (Lipinski definition) is 1. The largest absolute Gasteiger partial charge is 0.495 e. The molecular weight excluding hydrogens is 666 g/mol. The van der Waals surface area contributed by atoms with Gasteiger partial charge < -0.3 is 15.0 Å². The van der Waals surface area contributed by atoms with Crippen LogP contribution < -0.4 is 14.4 Å². The van der Waals surface area contributed by atoms with E-state index < -0.39 is 28.5 Å². The van der Waals surface area contributed by atoms with Gasteiger partial charge in [-0.1, -0.05) is 102 Å². The number of nitrogens with zero attached hydrogens (tertiary/aromatic N) is 2. The zero-order valence-electron chi connectivity index (χ0n) is 26.4. The molecule has 242 valence electrons. The summed E-state index contributed by atoms with van der Waals surface area (Å²) in [5.41, 5.74) is 2.79. The van der Waals surface area contributed by atoms with Gasteiger partial charge in [0.1, 0.15) is 18.3 Å². The molecule has 4 aromatic carbocycles. The summed E-state index contributed by atoms with van der Waals surface area (Å²) in [7, 11) is -2.78. The number of amides is 2. The van der Waals surface area contributed by atoms with Crippen LogP contribution in [0, 0.1) is 6.92 Å². The van der Waals surface area contributed by atoms with Gasteiger partial charge in [-0.15, -0.1) is 0 Å². The predicted molar refractivity (Wildman–Crippen MR) is 185 cm³/mol. The van der Waals surface area contributed by atoms with Crippen molar-refractivity contribution in [1.82, 2.24) is 10.2 Å². The summed E-state index contributed by atoms with van der Waals surface area (Å²) in [6.45, 7) is 3.92. The van der Waals surface area contributed by atoms with Gasteiger partial charge in [0, 0.05) is 24.0 Å². The minimum Gasteiger partial charge on any atom is -0.495 e. The third-order valence-electron chi connectivity index (χ3n) is 7.61. The molecule has 0 unspecified atom stereocenters. The van der Waals surface area contributed by atoms with Crippen LogP contribution in [-0.4, -0.2) is 51.4 Å². The fourth-order valence-electron chi connectivity index (χ4n) is 5.03. The van der Waals surface area contributed by atoms with E-state index in [2.05, 4.69) is 21.2 Å². The molecular formula is C36H40BrN3O5S. The molecule has 8 nitrogen and oxygen atoms in total. The van der Waals surface area contributed by atoms with E-state index in [-0.39, 0.29) is 29.5 Å². The number of aryl methyl sites for hydroxylation is 1. The molecule has 0 aliphatic heterocycles. The van der Waals surface area contributed by atoms with Gasteiger partial charge in [-0.2, -0.15) is 0 Å². The number of methoxy groups -OCH3 is 1. The van der Waals surface area contributed by atoms with Gasteiger partial charge in [0.05, 0.1) is 17.7 Å². The first kappa shape index (κ1) is 34.7. The summed E-state index contributed by atoms with van der Waals surface area (Å²) in [4.78, 5) is 30.0. The Labute approximate surface area is 280 Å². The molecule has 0 fully saturated rings. The molecule has 0 aliphatic rings. The Morgan fingerprint density at radius 3 is 2.17 bits per heavy atom. The number of ether oxygens (including phenoxy) is 1. The van der Waals surface area contributed by atoms with Crippen LogP contribution >= 0.6 is 15.9 Å². The Balaban J connectivity index is 1.81. The Kier molecular flexibility index (Phi) is 12.4. The first-order valence-electron chi connectivity index (χ1n) is 15.2. The molecule has 0 saturated heterocycles. The number of sulfonamides is 1. The lowest BCUT2D eigenvalue weighted by molar-refractivity contribution is -0.140. The maximum absolute atomic E-state index is 14.6. The van der Waals surface area contributed by atoms with E-state index in [1.54, 1.807) is 36.4 Å². The molecule has 0 radical (unpaired) electrons. The van der Waals surface area contributed by atoms with Crippen molar-refractivity contribution in [2.75, 3.05) is 24.5 Å². The Morgan fingerprint density at radius 1 is 0.870 bits per heavy atom. The van der Waals surface area contributed by atoms with E-state index in [0.717, 1.165) is 38.3 Å². The van der Waals surface area contributed by atoms with Crippen LogP contribution in [0.4, 0.5) is 5.69 Å². The van der Waals surface area contributed by atoms with Crippen molar-refractivity contribution in [3.63, 3.8) is 0 Å². The number of carbonyl (C=O) groups excluding carboxylic acids is 2. The summed E-state index contributed by atoms with van der Waals surface area (Å²) in [6.07, 6.45) is 1.94. The number of anilines is 1. The third-order valence-corrected chi connectivity index (χ3v) is 9.91. The molecule has 1 atom stereocenters. The van der Waals surface area contributed by atoms with Gasteiger partial charge in [0.2, 0.25) is 11.8 Å². The Hall–Kier alpha value is -4.15. The van der Waals surface area contributed by atoms with Crippen molar-refractivity contribution in [1.29, 1.82) is 0 Å². The molecule has 0 aromatic heterocycles. The van der Waals surface area contributed by atoms with Crippen molar-refractivity contribution in [2.45, 2.75) is 50.6 Å². The number of halogens is 1. The average Bonchev–Trinajstić information content (AvgIpc) is 3.06. The number of unbranched alkanes of at least 4 members (excludes halogenated alkanes) is 1. The van der Waals surface area contributed by atoms with Gasteiger partial charge >= 0.3 is 0 Å². The zero-order valence-corrected chi connectivity index (χ0v) is 28.8. The summed E-state index contributed by atoms with van der Waals surface area (Å²) in [5, 5.41) is 3.01. The third kappa shape index (κ3) is 8.98. The van der Waals surface area contributed by atoms with Crippen LogP contribution in [0.5, 0.6) is 5.75 Å². The first-order valence-corrected chi connectivity index (χ1v) is 17.4. The first-order chi connectivity index (χ1) is 22.1. The fourth-order valence-corrected chi connectivity index (χ4v) is 6.72. The number of carbonyl (C=O) groups is 2. The van der Waals surface area contributed by atoms with Crippen LogP contribution in [0.1, 0.15) is 36.5 Å². The van der Waals surface area contributed by atoms with E-state index in [9.17, 15) is 18.0 Å². The van der Waals surface area contributed by atoms with E-state index in [1.165, 1.54) is 24.1 Å². The lowest BCUT2D eigenvalue weighted by Gasteiger charge is -2.34. The number of hydrogen-bond acceptors (Lipinski definition) is 5. The molecule has 10 heteroatoms. The standard InChI is InChI=1S/C36H40BrN3O5S/c1-4-5-23-38-36(42)33(24-28-11-7-6-8-12-28)39(25-29-17-19-30(37)20-18-29)35(41)26-40(32-13-9-10-14-34(32)45-3)46(43,44)31-21-15-27(2)16-22-31/h6-22,33H,4-5,23-26H2,1-3H3,(H,38,42)/t33-/m1/s1. The van der Waals surface area contributed by atoms with Gasteiger partial charge in [-0.3, -0.25) is 13.9 Å². The maximum Gasteiger partial charge on any atom is 0.264 e. The molecule has 4 aromatic rings. The van der Waals surface area contributed by atoms with Crippen LogP contribution in [0.25, 0.3) is 0 Å². The minimum absolute atomic E-state index is 0.0365. The zero-order chi connectivity index (χ0) is 33.1. The van der Waals surface area contributed by atoms with E-state index in [0.29, 0.717) is 12.3 Å². The highest BCUT2D eigenvalue weighted by molar-refractivity contribution is 9.10. The highest BCUT2D eigenvalue weighted by Gasteiger charge is 2.35. The highest BCUT2D eigenvalue weighted by atomic mass is 79.9. The quantitative estimate of drug-likeness (QED) is 0.142. The van der Waals surface area contributed by atoms with Gasteiger partial charge in [0.25, 0.3) is 10.0 Å². The van der Waals surface area contributed by atoms with Gasteiger partial charge in [-0.05, 0) is 60.9 Å². The topological polar surface area (TPSA) is 96.0 Å². The monoisotopic (exact) mass is 705 g/mol. The lowest BCUT2D eigenvalue weighted by atomic mass is 10.0. The summed E-state index contributed by atoms with van der Waals surface area (Å²) < 4.78 is 36.0. The van der Waals surface area contributed by atoms with Gasteiger partial charge in [0.15, 0.2) is 0 Å². The average molecular weight is 707 g/mol. The molecule has 4 rings (SSSR count). The van der Waals surface area contributed by atoms with Crippen LogP contribution in [0.3, 0.4) is 0 Å². The molecule has 1 N–H and O–H groups in total. The minimum atomic E-state index is -4.23. The second-order valence-electron chi connectivity index (χ2n) is 11.0. The number of rotatable bonds is 15. The number of nitrogens with one attached hydrogen (secondary N) is 1. The lowest BCUT2D eigenvalue weighted by Crippen LogP contribution is -2.53. The smallest absolute Gasteiger partial charge is 0.264 e. The van der Waals surface area contributed by atoms with Crippen LogP contribution in [-0.2, 0) is 32.6 Å². The molecule has 0 aliphatic carbocycles. The highest BCUT2D eigenvalue weighted by Crippen LogP contribution is 2.33. The van der Waals surface area contributed by atoms with Gasteiger partial charge in [-0.25, -0.2) is 8.42 Å². The maximum atomic E-state index is 14.6. The Morgan fingerprint density at radius 2 is 1.52 bits per heavy atom. The van der Waals surface area contributed by atoms with E-state index in [4.69, 9.17) is 4.74 Å². The predicted octanol–water partition coefficient (Wildman–Crippen LogP) is 6.52. The molecule has 0 spiro atoms.